The van der Waals surface area contributed by atoms with Crippen molar-refractivity contribution in [2.45, 2.75) is 149 Å². The van der Waals surface area contributed by atoms with Crippen LogP contribution in [0.25, 0.3) is 0 Å². The Labute approximate surface area is 199 Å². The van der Waals surface area contributed by atoms with E-state index >= 15 is 0 Å². The maximum Gasteiger partial charge on any atom is 0.305 e. The third-order valence-electron chi connectivity index (χ3n) is 6.15. The topological polar surface area (TPSA) is 52.6 Å². The minimum atomic E-state index is -0.0415. The van der Waals surface area contributed by atoms with Crippen LogP contribution in [0.3, 0.4) is 0 Å². The zero-order valence-corrected chi connectivity index (χ0v) is 21.8. The Morgan fingerprint density at radius 2 is 0.969 bits per heavy atom. The molecule has 4 nitrogen and oxygen atoms in total. The lowest BCUT2D eigenvalue weighted by atomic mass is 9.99. The monoisotopic (exact) mass is 454 g/mol. The van der Waals surface area contributed by atoms with E-state index in [9.17, 15) is 9.59 Å². The second-order valence-electron chi connectivity index (χ2n) is 9.44. The number of ether oxygens (including phenoxy) is 2. The first-order valence-corrected chi connectivity index (χ1v) is 13.9. The number of unbranched alkanes of at least 4 members (excludes halogenated alkanes) is 12. The van der Waals surface area contributed by atoms with Crippen LogP contribution in [0.1, 0.15) is 149 Å². The van der Waals surface area contributed by atoms with Crippen LogP contribution in [-0.2, 0) is 19.1 Å². The quantitative estimate of drug-likeness (QED) is 0.108. The first-order chi connectivity index (χ1) is 15.6. The molecule has 0 aliphatic heterocycles. The number of esters is 2. The molecule has 0 fully saturated rings. The minimum Gasteiger partial charge on any atom is -0.466 e. The third-order valence-corrected chi connectivity index (χ3v) is 6.15. The second-order valence-corrected chi connectivity index (χ2v) is 9.44. The maximum atomic E-state index is 11.9. The van der Waals surface area contributed by atoms with Crippen LogP contribution in [0.2, 0.25) is 0 Å². The fourth-order valence-corrected chi connectivity index (χ4v) is 4.15. The highest BCUT2D eigenvalue weighted by atomic mass is 16.5. The Kier molecular flexibility index (Phi) is 23.8. The van der Waals surface area contributed by atoms with E-state index in [1.54, 1.807) is 0 Å². The summed E-state index contributed by atoms with van der Waals surface area (Å²) in [7, 11) is 0. The highest BCUT2D eigenvalue weighted by Gasteiger charge is 2.10. The van der Waals surface area contributed by atoms with Crippen molar-refractivity contribution in [2.24, 2.45) is 5.92 Å². The van der Waals surface area contributed by atoms with Crippen molar-refractivity contribution in [1.82, 2.24) is 0 Å². The molecule has 190 valence electrons. The van der Waals surface area contributed by atoms with Gasteiger partial charge in [-0.25, -0.2) is 0 Å². The van der Waals surface area contributed by atoms with E-state index in [1.165, 1.54) is 44.9 Å². The van der Waals surface area contributed by atoms with E-state index in [-0.39, 0.29) is 11.9 Å². The smallest absolute Gasteiger partial charge is 0.305 e. The normalized spacial score (nSPS) is 11.1. The average molecular weight is 455 g/mol. The van der Waals surface area contributed by atoms with Gasteiger partial charge in [0.25, 0.3) is 0 Å². The van der Waals surface area contributed by atoms with E-state index in [0.717, 1.165) is 70.6 Å². The first kappa shape index (κ1) is 30.9. The molecule has 0 atom stereocenters. The Hall–Kier alpha value is -1.06. The van der Waals surface area contributed by atoms with Gasteiger partial charge in [-0.3, -0.25) is 9.59 Å². The molecule has 0 bridgehead atoms. The van der Waals surface area contributed by atoms with Gasteiger partial charge in [-0.1, -0.05) is 104 Å². The number of hydrogen-bond donors (Lipinski definition) is 0. The Balaban J connectivity index is 3.40. The molecule has 0 aliphatic rings. The molecule has 0 rings (SSSR count). The van der Waals surface area contributed by atoms with Crippen LogP contribution < -0.4 is 0 Å². The molecule has 32 heavy (non-hydrogen) atoms. The third kappa shape index (κ3) is 22.1. The first-order valence-electron chi connectivity index (χ1n) is 13.9. The molecule has 4 heteroatoms. The van der Waals surface area contributed by atoms with E-state index in [2.05, 4.69) is 20.8 Å². The van der Waals surface area contributed by atoms with Crippen molar-refractivity contribution in [1.29, 1.82) is 0 Å². The summed E-state index contributed by atoms with van der Waals surface area (Å²) in [4.78, 5) is 23.7. The summed E-state index contributed by atoms with van der Waals surface area (Å²) in [5.74, 6) is 0.447. The molecule has 0 heterocycles. The fraction of sp³-hybridized carbons (Fsp3) is 0.929. The summed E-state index contributed by atoms with van der Waals surface area (Å²) >= 11 is 0. The van der Waals surface area contributed by atoms with Crippen molar-refractivity contribution in [3.05, 3.63) is 0 Å². The van der Waals surface area contributed by atoms with Crippen molar-refractivity contribution in [2.75, 3.05) is 13.2 Å². The van der Waals surface area contributed by atoms with Crippen LogP contribution in [-0.4, -0.2) is 25.2 Å². The lowest BCUT2D eigenvalue weighted by Crippen LogP contribution is -2.14. The molecule has 0 saturated carbocycles. The summed E-state index contributed by atoms with van der Waals surface area (Å²) < 4.78 is 10.8. The van der Waals surface area contributed by atoms with Gasteiger partial charge in [-0.15, -0.1) is 0 Å². The largest absolute Gasteiger partial charge is 0.466 e. The molecule has 0 unspecified atom stereocenters. The second kappa shape index (κ2) is 24.6. The molecule has 0 radical (unpaired) electrons. The minimum absolute atomic E-state index is 0.0403. The molecule has 0 aromatic rings. The van der Waals surface area contributed by atoms with Gasteiger partial charge in [0.15, 0.2) is 0 Å². The standard InChI is InChI=1S/C28H54O4/c1-4-7-8-9-10-13-16-19-24-31-27(29)22-17-14-11-12-15-18-23-28(30)32-25-26(20-5-2)21-6-3/h26H,4-25H2,1-3H3. The molecule has 0 saturated heterocycles. The number of carbonyl (C=O) groups excluding carboxylic acids is 2. The van der Waals surface area contributed by atoms with Crippen LogP contribution in [0.15, 0.2) is 0 Å². The van der Waals surface area contributed by atoms with E-state index in [1.807, 2.05) is 0 Å². The average Bonchev–Trinajstić information content (AvgIpc) is 2.78. The highest BCUT2D eigenvalue weighted by Crippen LogP contribution is 2.15. The van der Waals surface area contributed by atoms with E-state index < -0.39 is 0 Å². The fourth-order valence-electron chi connectivity index (χ4n) is 4.15. The van der Waals surface area contributed by atoms with E-state index in [4.69, 9.17) is 9.47 Å². The van der Waals surface area contributed by atoms with Crippen LogP contribution in [0.4, 0.5) is 0 Å². The Morgan fingerprint density at radius 1 is 0.531 bits per heavy atom. The molecule has 0 spiro atoms. The molecular weight excluding hydrogens is 400 g/mol. The lowest BCUT2D eigenvalue weighted by molar-refractivity contribution is -0.145. The molecule has 0 aliphatic carbocycles. The summed E-state index contributed by atoms with van der Waals surface area (Å²) in [6.45, 7) is 7.79. The van der Waals surface area contributed by atoms with Gasteiger partial charge in [-0.05, 0) is 38.0 Å². The van der Waals surface area contributed by atoms with Crippen molar-refractivity contribution in [3.8, 4) is 0 Å². The maximum absolute atomic E-state index is 11.9. The summed E-state index contributed by atoms with van der Waals surface area (Å²) in [5.41, 5.74) is 0. The molecule has 0 amide bonds. The van der Waals surface area contributed by atoms with E-state index in [0.29, 0.717) is 32.0 Å². The zero-order valence-electron chi connectivity index (χ0n) is 21.8. The number of rotatable bonds is 24. The van der Waals surface area contributed by atoms with Crippen LogP contribution >= 0.6 is 0 Å². The van der Waals surface area contributed by atoms with Gasteiger partial charge in [0, 0.05) is 12.8 Å². The number of hydrogen-bond acceptors (Lipinski definition) is 4. The van der Waals surface area contributed by atoms with Gasteiger partial charge in [0.2, 0.25) is 0 Å². The zero-order chi connectivity index (χ0) is 23.7. The summed E-state index contributed by atoms with van der Waals surface area (Å²) in [6, 6.07) is 0. The Morgan fingerprint density at radius 3 is 1.47 bits per heavy atom. The van der Waals surface area contributed by atoms with Crippen LogP contribution in [0, 0.1) is 5.92 Å². The molecule has 0 aromatic carbocycles. The lowest BCUT2D eigenvalue weighted by Gasteiger charge is -2.15. The molecule has 0 N–H and O–H groups in total. The van der Waals surface area contributed by atoms with Crippen molar-refractivity contribution < 1.29 is 19.1 Å². The number of carbonyl (C=O) groups is 2. The van der Waals surface area contributed by atoms with Crippen LogP contribution in [0.5, 0.6) is 0 Å². The van der Waals surface area contributed by atoms with Gasteiger partial charge in [0.05, 0.1) is 13.2 Å². The van der Waals surface area contributed by atoms with Gasteiger partial charge < -0.3 is 9.47 Å². The predicted octanol–water partition coefficient (Wildman–Crippen LogP) is 8.55. The highest BCUT2D eigenvalue weighted by molar-refractivity contribution is 5.69. The van der Waals surface area contributed by atoms with Crippen molar-refractivity contribution in [3.63, 3.8) is 0 Å². The van der Waals surface area contributed by atoms with Crippen molar-refractivity contribution >= 4 is 11.9 Å². The van der Waals surface area contributed by atoms with Gasteiger partial charge in [-0.2, -0.15) is 0 Å². The van der Waals surface area contributed by atoms with Gasteiger partial charge in [0.1, 0.15) is 0 Å². The SMILES string of the molecule is CCCCCCCCCCOC(=O)CCCCCCCCC(=O)OCC(CCC)CCC. The summed E-state index contributed by atoms with van der Waals surface area (Å²) in [6.07, 6.45) is 22.0. The Bertz CT molecular complexity index is 416. The molecule has 0 aromatic heterocycles. The van der Waals surface area contributed by atoms with Gasteiger partial charge >= 0.3 is 11.9 Å². The summed E-state index contributed by atoms with van der Waals surface area (Å²) in [5, 5.41) is 0. The molecular formula is C28H54O4. The predicted molar refractivity (Wildman–Crippen MR) is 135 cm³/mol.